The number of carbonyl (C=O) groups is 1. The molecule has 4 saturated carbocycles. The Bertz CT molecular complexity index is 451. The topological polar surface area (TPSA) is 17.1 Å². The predicted octanol–water partition coefficient (Wildman–Crippen LogP) is 5.79. The molecule has 124 valence electrons. The number of rotatable bonds is 0. The maximum atomic E-state index is 12.3. The normalized spacial score (nSPS) is 47.0. The van der Waals surface area contributed by atoms with Crippen molar-refractivity contribution in [2.75, 3.05) is 0 Å². The third-order valence-corrected chi connectivity index (χ3v) is 7.61. The van der Waals surface area contributed by atoms with Gasteiger partial charge < -0.3 is 0 Å². The molecule has 0 spiro atoms. The summed E-state index contributed by atoms with van der Waals surface area (Å²) in [6.45, 7) is 10.5. The fourth-order valence-corrected chi connectivity index (χ4v) is 6.55. The molecule has 0 aromatic rings. The molecule has 6 unspecified atom stereocenters. The summed E-state index contributed by atoms with van der Waals surface area (Å²) < 4.78 is 0. The van der Waals surface area contributed by atoms with Crippen LogP contribution in [0.25, 0.3) is 0 Å². The third kappa shape index (κ3) is 2.39. The molecule has 0 aromatic heterocycles. The van der Waals surface area contributed by atoms with Crippen LogP contribution in [0.5, 0.6) is 0 Å². The van der Waals surface area contributed by atoms with E-state index in [4.69, 9.17) is 0 Å². The number of carbonyl (C=O) groups excluding carboxylic acids is 1. The summed E-state index contributed by atoms with van der Waals surface area (Å²) in [6, 6.07) is 0. The van der Waals surface area contributed by atoms with Gasteiger partial charge in [0.1, 0.15) is 5.78 Å². The van der Waals surface area contributed by atoms with Gasteiger partial charge in [-0.25, -0.2) is 0 Å². The number of allylic oxidation sites excluding steroid dienone is 1. The zero-order chi connectivity index (χ0) is 15.9. The SMILES string of the molecule is C=C1CCC2C(CCC3C2CCC2(C)C(=O)CCC32)C1.CC. The number of hydrogen-bond donors (Lipinski definition) is 0. The summed E-state index contributed by atoms with van der Waals surface area (Å²) in [4.78, 5) is 12.3. The minimum absolute atomic E-state index is 0.0618. The number of ketones is 1. The summed E-state index contributed by atoms with van der Waals surface area (Å²) in [5.74, 6) is 5.00. The molecule has 0 heterocycles. The van der Waals surface area contributed by atoms with Crippen LogP contribution >= 0.6 is 0 Å². The Morgan fingerprint density at radius 2 is 1.73 bits per heavy atom. The second kappa shape index (κ2) is 6.13. The lowest BCUT2D eigenvalue weighted by Crippen LogP contribution is -2.48. The Hall–Kier alpha value is -0.590. The Balaban J connectivity index is 0.000000693. The molecule has 1 nitrogen and oxygen atoms in total. The summed E-state index contributed by atoms with van der Waals surface area (Å²) in [5.41, 5.74) is 1.56. The molecular formula is C21H34O. The second-order valence-corrected chi connectivity index (χ2v) is 8.35. The van der Waals surface area contributed by atoms with Gasteiger partial charge in [0.05, 0.1) is 0 Å². The molecule has 1 heteroatoms. The van der Waals surface area contributed by atoms with Crippen LogP contribution in [-0.2, 0) is 4.79 Å². The molecule has 0 bridgehead atoms. The van der Waals surface area contributed by atoms with Crippen molar-refractivity contribution in [1.29, 1.82) is 0 Å². The fraction of sp³-hybridized carbons (Fsp3) is 0.857. The van der Waals surface area contributed by atoms with Crippen molar-refractivity contribution in [3.63, 3.8) is 0 Å². The highest BCUT2D eigenvalue weighted by Gasteiger charge is 2.56. The molecule has 4 aliphatic rings. The van der Waals surface area contributed by atoms with Gasteiger partial charge in [0, 0.05) is 11.8 Å². The van der Waals surface area contributed by atoms with Crippen molar-refractivity contribution in [2.45, 2.75) is 78.6 Å². The molecule has 4 aliphatic carbocycles. The molecule has 0 aliphatic heterocycles. The summed E-state index contributed by atoms with van der Waals surface area (Å²) in [6.07, 6.45) is 11.3. The monoisotopic (exact) mass is 302 g/mol. The van der Waals surface area contributed by atoms with Gasteiger partial charge in [-0.05, 0) is 81.0 Å². The van der Waals surface area contributed by atoms with Crippen molar-refractivity contribution in [3.8, 4) is 0 Å². The number of Topliss-reactive ketones (excluding diaryl/α,β-unsaturated/α-hetero) is 1. The zero-order valence-corrected chi connectivity index (χ0v) is 14.9. The lowest BCUT2D eigenvalue weighted by Gasteiger charge is -2.54. The van der Waals surface area contributed by atoms with E-state index in [9.17, 15) is 4.79 Å². The number of hydrogen-bond acceptors (Lipinski definition) is 1. The second-order valence-electron chi connectivity index (χ2n) is 8.35. The van der Waals surface area contributed by atoms with Crippen LogP contribution in [0.15, 0.2) is 12.2 Å². The van der Waals surface area contributed by atoms with E-state index in [-0.39, 0.29) is 5.41 Å². The van der Waals surface area contributed by atoms with Crippen LogP contribution in [0.2, 0.25) is 0 Å². The van der Waals surface area contributed by atoms with Crippen LogP contribution < -0.4 is 0 Å². The fourth-order valence-electron chi connectivity index (χ4n) is 6.55. The lowest BCUT2D eigenvalue weighted by molar-refractivity contribution is -0.132. The van der Waals surface area contributed by atoms with Crippen LogP contribution in [0.3, 0.4) is 0 Å². The quantitative estimate of drug-likeness (QED) is 0.517. The highest BCUT2D eigenvalue weighted by atomic mass is 16.1. The standard InChI is InChI=1S/C19H28O.C2H6/c1-12-3-5-14-13(11-12)4-6-16-15(14)9-10-19(2)17(16)7-8-18(19)20;1-2/h13-17H,1,3-11H2,2H3;1-2H3. The van der Waals surface area contributed by atoms with Crippen LogP contribution in [0.1, 0.15) is 78.6 Å². The van der Waals surface area contributed by atoms with Crippen LogP contribution in [0, 0.1) is 35.0 Å². The Kier molecular flexibility index (Phi) is 4.54. The van der Waals surface area contributed by atoms with Gasteiger partial charge in [0.15, 0.2) is 0 Å². The molecule has 0 aromatic carbocycles. The van der Waals surface area contributed by atoms with E-state index in [0.29, 0.717) is 5.78 Å². The molecule has 4 fully saturated rings. The van der Waals surface area contributed by atoms with Gasteiger partial charge in [0.2, 0.25) is 0 Å². The summed E-state index contributed by atoms with van der Waals surface area (Å²) in [5, 5.41) is 0. The third-order valence-electron chi connectivity index (χ3n) is 7.61. The minimum atomic E-state index is 0.0618. The van der Waals surface area contributed by atoms with Crippen molar-refractivity contribution in [3.05, 3.63) is 12.2 Å². The van der Waals surface area contributed by atoms with E-state index in [1.807, 2.05) is 13.8 Å². The van der Waals surface area contributed by atoms with Crippen molar-refractivity contribution >= 4 is 5.78 Å². The first-order chi connectivity index (χ1) is 10.6. The average molecular weight is 303 g/mol. The molecule has 0 amide bonds. The maximum absolute atomic E-state index is 12.3. The largest absolute Gasteiger partial charge is 0.299 e. The Labute approximate surface area is 136 Å². The van der Waals surface area contributed by atoms with Gasteiger partial charge >= 0.3 is 0 Å². The molecule has 4 rings (SSSR count). The van der Waals surface area contributed by atoms with Gasteiger partial charge in [0.25, 0.3) is 0 Å². The van der Waals surface area contributed by atoms with Gasteiger partial charge in [-0.2, -0.15) is 0 Å². The van der Waals surface area contributed by atoms with Gasteiger partial charge in [-0.15, -0.1) is 0 Å². The van der Waals surface area contributed by atoms with Crippen molar-refractivity contribution < 1.29 is 4.79 Å². The first-order valence-electron chi connectivity index (χ1n) is 9.79. The Morgan fingerprint density at radius 1 is 0.955 bits per heavy atom. The summed E-state index contributed by atoms with van der Waals surface area (Å²) in [7, 11) is 0. The molecule has 0 N–H and O–H groups in total. The highest BCUT2D eigenvalue weighted by molar-refractivity contribution is 5.87. The molecule has 22 heavy (non-hydrogen) atoms. The molecule has 0 radical (unpaired) electrons. The molecular weight excluding hydrogens is 268 g/mol. The van der Waals surface area contributed by atoms with E-state index in [1.165, 1.54) is 56.9 Å². The predicted molar refractivity (Wildman–Crippen MR) is 92.6 cm³/mol. The van der Waals surface area contributed by atoms with E-state index < -0.39 is 0 Å². The van der Waals surface area contributed by atoms with E-state index in [2.05, 4.69) is 13.5 Å². The van der Waals surface area contributed by atoms with Gasteiger partial charge in [-0.3, -0.25) is 4.79 Å². The van der Waals surface area contributed by atoms with E-state index in [0.717, 1.165) is 36.0 Å². The first-order valence-corrected chi connectivity index (χ1v) is 9.79. The smallest absolute Gasteiger partial charge is 0.139 e. The highest BCUT2D eigenvalue weighted by Crippen LogP contribution is 2.61. The molecule has 6 atom stereocenters. The van der Waals surface area contributed by atoms with E-state index >= 15 is 0 Å². The summed E-state index contributed by atoms with van der Waals surface area (Å²) >= 11 is 0. The first kappa shape index (κ1) is 16.3. The van der Waals surface area contributed by atoms with E-state index in [1.54, 1.807) is 0 Å². The van der Waals surface area contributed by atoms with Gasteiger partial charge in [-0.1, -0.05) is 32.9 Å². The lowest BCUT2D eigenvalue weighted by atomic mass is 9.50. The zero-order valence-electron chi connectivity index (χ0n) is 14.9. The Morgan fingerprint density at radius 3 is 2.50 bits per heavy atom. The van der Waals surface area contributed by atoms with Crippen molar-refractivity contribution in [1.82, 2.24) is 0 Å². The van der Waals surface area contributed by atoms with Crippen LogP contribution in [0.4, 0.5) is 0 Å². The van der Waals surface area contributed by atoms with Crippen molar-refractivity contribution in [2.24, 2.45) is 35.0 Å². The number of fused-ring (bicyclic) bond motifs is 5. The maximum Gasteiger partial charge on any atom is 0.139 e. The minimum Gasteiger partial charge on any atom is -0.299 e. The van der Waals surface area contributed by atoms with Crippen LogP contribution in [-0.4, -0.2) is 5.78 Å². The molecule has 0 saturated heterocycles. The average Bonchev–Trinajstić information content (AvgIpc) is 2.84.